The number of ether oxygens (including phenoxy) is 1. The van der Waals surface area contributed by atoms with E-state index in [1.165, 1.54) is 0 Å². The lowest BCUT2D eigenvalue weighted by molar-refractivity contribution is 0.0672. The van der Waals surface area contributed by atoms with E-state index >= 15 is 0 Å². The molecule has 2 N–H and O–H groups in total. The molecule has 1 aliphatic heterocycles. The molecule has 0 bridgehead atoms. The van der Waals surface area contributed by atoms with Crippen LogP contribution in [0.5, 0.6) is 5.75 Å². The number of nitrogens with zero attached hydrogens (tertiary/aromatic N) is 1. The van der Waals surface area contributed by atoms with Crippen LogP contribution < -0.4 is 10.5 Å². The van der Waals surface area contributed by atoms with Gasteiger partial charge in [0.05, 0.1) is 0 Å². The summed E-state index contributed by atoms with van der Waals surface area (Å²) in [6.07, 6.45) is 1.90. The van der Waals surface area contributed by atoms with Crippen LogP contribution >= 0.6 is 28.3 Å². The van der Waals surface area contributed by atoms with Crippen molar-refractivity contribution >= 4 is 34.2 Å². The Balaban J connectivity index is 0.00000208. The molecule has 5 nitrogen and oxygen atoms in total. The van der Waals surface area contributed by atoms with Crippen LogP contribution in [0.1, 0.15) is 29.2 Å². The van der Waals surface area contributed by atoms with E-state index in [0.717, 1.165) is 29.6 Å². The molecule has 0 aliphatic carbocycles. The molecule has 0 radical (unpaired) electrons. The molecule has 7 heteroatoms. The minimum absolute atomic E-state index is 0. The first kappa shape index (κ1) is 18.8. The second-order valence-electron chi connectivity index (χ2n) is 5.66. The number of nitrogens with two attached hydrogens (primary N) is 1. The summed E-state index contributed by atoms with van der Waals surface area (Å²) in [7, 11) is 0. The molecular weight excluding hydrogens is 396 g/mol. The van der Waals surface area contributed by atoms with Crippen molar-refractivity contribution in [3.8, 4) is 5.75 Å². The third-order valence-electron chi connectivity index (χ3n) is 3.81. The molecule has 1 saturated heterocycles. The molecule has 1 amide bonds. The minimum Gasteiger partial charge on any atom is -0.486 e. The van der Waals surface area contributed by atoms with E-state index in [0.29, 0.717) is 18.1 Å². The van der Waals surface area contributed by atoms with Crippen molar-refractivity contribution in [1.29, 1.82) is 0 Å². The zero-order valence-corrected chi connectivity index (χ0v) is 15.5. The van der Waals surface area contributed by atoms with Crippen molar-refractivity contribution in [1.82, 2.24) is 4.90 Å². The maximum atomic E-state index is 12.4. The second-order valence-corrected chi connectivity index (χ2v) is 6.58. The molecule has 1 unspecified atom stereocenters. The van der Waals surface area contributed by atoms with Gasteiger partial charge < -0.3 is 19.8 Å². The van der Waals surface area contributed by atoms with Gasteiger partial charge in [0.25, 0.3) is 5.91 Å². The number of furan rings is 1. The van der Waals surface area contributed by atoms with Crippen molar-refractivity contribution in [3.05, 3.63) is 52.4 Å². The second kappa shape index (κ2) is 8.55. The number of hydrogen-bond acceptors (Lipinski definition) is 4. The molecule has 130 valence electrons. The maximum Gasteiger partial charge on any atom is 0.289 e. The van der Waals surface area contributed by atoms with Gasteiger partial charge in [-0.25, -0.2) is 0 Å². The van der Waals surface area contributed by atoms with E-state index in [1.54, 1.807) is 17.0 Å². The Kier molecular flexibility index (Phi) is 6.71. The zero-order chi connectivity index (χ0) is 16.2. The summed E-state index contributed by atoms with van der Waals surface area (Å²) in [4.78, 5) is 14.2. The first-order chi connectivity index (χ1) is 11.1. The standard InChI is InChI=1S/C17H19BrN2O3.ClH/c18-12-3-5-14(6-4-12)22-11-15-7-8-16(23-15)17(21)20-9-1-2-13(19)10-20;/h3-8,13H,1-2,9-11,19H2;1H. The third kappa shape index (κ3) is 4.75. The van der Waals surface area contributed by atoms with Crippen molar-refractivity contribution in [2.45, 2.75) is 25.5 Å². The highest BCUT2D eigenvalue weighted by Gasteiger charge is 2.24. The minimum atomic E-state index is -0.102. The van der Waals surface area contributed by atoms with Gasteiger partial charge in [-0.15, -0.1) is 12.4 Å². The Hall–Kier alpha value is -1.50. The fourth-order valence-electron chi connectivity index (χ4n) is 2.61. The third-order valence-corrected chi connectivity index (χ3v) is 4.34. The van der Waals surface area contributed by atoms with Gasteiger partial charge in [0.1, 0.15) is 18.1 Å². The van der Waals surface area contributed by atoms with Gasteiger partial charge in [0.15, 0.2) is 5.76 Å². The molecule has 1 aromatic heterocycles. The van der Waals surface area contributed by atoms with Crippen LogP contribution in [0.25, 0.3) is 0 Å². The number of carbonyl (C=O) groups is 1. The van der Waals surface area contributed by atoms with Crippen LogP contribution in [0.2, 0.25) is 0 Å². The molecule has 3 rings (SSSR count). The lowest BCUT2D eigenvalue weighted by Gasteiger charge is -2.30. The van der Waals surface area contributed by atoms with Gasteiger partial charge in [-0.3, -0.25) is 4.79 Å². The van der Waals surface area contributed by atoms with Gasteiger partial charge in [-0.1, -0.05) is 15.9 Å². The molecular formula is C17H20BrClN2O3. The van der Waals surface area contributed by atoms with E-state index < -0.39 is 0 Å². The Labute approximate surface area is 155 Å². The number of likely N-dealkylation sites (tertiary alicyclic amines) is 1. The molecule has 1 aromatic carbocycles. The van der Waals surface area contributed by atoms with E-state index in [9.17, 15) is 4.79 Å². The molecule has 24 heavy (non-hydrogen) atoms. The molecule has 0 spiro atoms. The number of carbonyl (C=O) groups excluding carboxylic acids is 1. The summed E-state index contributed by atoms with van der Waals surface area (Å²) in [5.41, 5.74) is 5.92. The number of halogens is 2. The van der Waals surface area contributed by atoms with Gasteiger partial charge in [-0.2, -0.15) is 0 Å². The van der Waals surface area contributed by atoms with Crippen molar-refractivity contribution < 1.29 is 13.9 Å². The quantitative estimate of drug-likeness (QED) is 0.828. The largest absolute Gasteiger partial charge is 0.486 e. The Morgan fingerprint density at radius 3 is 2.75 bits per heavy atom. The monoisotopic (exact) mass is 414 g/mol. The van der Waals surface area contributed by atoms with E-state index in [2.05, 4.69) is 15.9 Å². The average Bonchev–Trinajstić information content (AvgIpc) is 3.02. The van der Waals surface area contributed by atoms with E-state index in [1.807, 2.05) is 24.3 Å². The summed E-state index contributed by atoms with van der Waals surface area (Å²) in [5, 5.41) is 0. The highest BCUT2D eigenvalue weighted by Crippen LogP contribution is 2.19. The van der Waals surface area contributed by atoms with Gasteiger partial charge in [-0.05, 0) is 49.2 Å². The van der Waals surface area contributed by atoms with Crippen LogP contribution in [0.15, 0.2) is 45.3 Å². The highest BCUT2D eigenvalue weighted by atomic mass is 79.9. The average molecular weight is 416 g/mol. The van der Waals surface area contributed by atoms with Crippen LogP contribution in [-0.4, -0.2) is 29.9 Å². The summed E-state index contributed by atoms with van der Waals surface area (Å²) < 4.78 is 12.3. The molecule has 2 aromatic rings. The summed E-state index contributed by atoms with van der Waals surface area (Å²) in [5.74, 6) is 1.61. The number of rotatable bonds is 4. The van der Waals surface area contributed by atoms with Crippen molar-refractivity contribution in [2.24, 2.45) is 5.73 Å². The van der Waals surface area contributed by atoms with Gasteiger partial charge in [0.2, 0.25) is 0 Å². The Morgan fingerprint density at radius 2 is 2.04 bits per heavy atom. The molecule has 0 saturated carbocycles. The fraction of sp³-hybridized carbons (Fsp3) is 0.353. The fourth-order valence-corrected chi connectivity index (χ4v) is 2.87. The van der Waals surface area contributed by atoms with Crippen LogP contribution in [0.3, 0.4) is 0 Å². The van der Waals surface area contributed by atoms with Gasteiger partial charge >= 0.3 is 0 Å². The van der Waals surface area contributed by atoms with E-state index in [-0.39, 0.29) is 31.0 Å². The first-order valence-corrected chi connectivity index (χ1v) is 8.43. The molecule has 2 heterocycles. The Morgan fingerprint density at radius 1 is 1.29 bits per heavy atom. The van der Waals surface area contributed by atoms with E-state index in [4.69, 9.17) is 14.9 Å². The van der Waals surface area contributed by atoms with Gasteiger partial charge in [0, 0.05) is 23.6 Å². The number of piperidine rings is 1. The topological polar surface area (TPSA) is 68.7 Å². The smallest absolute Gasteiger partial charge is 0.289 e. The normalized spacial score (nSPS) is 17.2. The zero-order valence-electron chi connectivity index (χ0n) is 13.1. The Bertz CT molecular complexity index is 675. The first-order valence-electron chi connectivity index (χ1n) is 7.64. The predicted octanol–water partition coefficient (Wildman–Crippen LogP) is 3.61. The van der Waals surface area contributed by atoms with Crippen LogP contribution in [-0.2, 0) is 6.61 Å². The van der Waals surface area contributed by atoms with Crippen molar-refractivity contribution in [2.75, 3.05) is 13.1 Å². The molecule has 1 aliphatic rings. The highest BCUT2D eigenvalue weighted by molar-refractivity contribution is 9.10. The number of benzene rings is 1. The number of hydrogen-bond donors (Lipinski definition) is 1. The summed E-state index contributed by atoms with van der Waals surface area (Å²) in [6, 6.07) is 11.1. The lowest BCUT2D eigenvalue weighted by Crippen LogP contribution is -2.45. The van der Waals surface area contributed by atoms with Crippen LogP contribution in [0.4, 0.5) is 0 Å². The molecule has 1 fully saturated rings. The maximum absolute atomic E-state index is 12.4. The molecule has 1 atom stereocenters. The SMILES string of the molecule is Cl.NC1CCCN(C(=O)c2ccc(COc3ccc(Br)cc3)o2)C1. The lowest BCUT2D eigenvalue weighted by atomic mass is 10.1. The number of amides is 1. The summed E-state index contributed by atoms with van der Waals surface area (Å²) in [6.45, 7) is 1.61. The summed E-state index contributed by atoms with van der Waals surface area (Å²) >= 11 is 3.38. The van der Waals surface area contributed by atoms with Crippen LogP contribution in [0, 0.1) is 0 Å². The van der Waals surface area contributed by atoms with Crippen molar-refractivity contribution in [3.63, 3.8) is 0 Å². The predicted molar refractivity (Wildman–Crippen MR) is 97.5 cm³/mol.